The Labute approximate surface area is 122 Å². The molecule has 0 aromatic heterocycles. The van der Waals surface area contributed by atoms with Gasteiger partial charge in [0.2, 0.25) is 5.91 Å². The molecule has 0 heterocycles. The van der Waals surface area contributed by atoms with E-state index in [1.165, 1.54) is 0 Å². The number of esters is 1. The molecule has 2 N–H and O–H groups in total. The molecule has 0 aromatic rings. The van der Waals surface area contributed by atoms with Crippen molar-refractivity contribution in [3.8, 4) is 0 Å². The third kappa shape index (κ3) is 8.83. The van der Waals surface area contributed by atoms with Crippen molar-refractivity contribution < 1.29 is 14.3 Å². The van der Waals surface area contributed by atoms with Gasteiger partial charge in [0, 0.05) is 6.42 Å². The molecular formula is C13H27ClN2O3. The maximum Gasteiger partial charge on any atom is 0.328 e. The van der Waals surface area contributed by atoms with E-state index < -0.39 is 6.04 Å². The zero-order valence-corrected chi connectivity index (χ0v) is 13.1. The van der Waals surface area contributed by atoms with Crippen LogP contribution < -0.4 is 10.6 Å². The summed E-state index contributed by atoms with van der Waals surface area (Å²) >= 11 is 0. The molecule has 0 saturated heterocycles. The van der Waals surface area contributed by atoms with Crippen LogP contribution in [-0.4, -0.2) is 38.1 Å². The lowest BCUT2D eigenvalue weighted by Gasteiger charge is -2.22. The molecule has 0 bridgehead atoms. The molecule has 2 atom stereocenters. The SMILES string of the molecule is CCOC(=O)C(NC(=O)CCCNC)C(C)CC.Cl. The van der Waals surface area contributed by atoms with Crippen LogP contribution in [0.25, 0.3) is 0 Å². The molecule has 0 rings (SSSR count). The van der Waals surface area contributed by atoms with Gasteiger partial charge in [0.1, 0.15) is 6.04 Å². The highest BCUT2D eigenvalue weighted by Gasteiger charge is 2.26. The first kappa shape index (κ1) is 20.5. The summed E-state index contributed by atoms with van der Waals surface area (Å²) in [5.41, 5.74) is 0. The number of hydrogen-bond acceptors (Lipinski definition) is 4. The molecule has 19 heavy (non-hydrogen) atoms. The van der Waals surface area contributed by atoms with E-state index in [2.05, 4.69) is 10.6 Å². The van der Waals surface area contributed by atoms with Gasteiger partial charge in [-0.25, -0.2) is 4.79 Å². The number of carbonyl (C=O) groups excluding carboxylic acids is 2. The van der Waals surface area contributed by atoms with Crippen LogP contribution >= 0.6 is 12.4 Å². The minimum atomic E-state index is -0.531. The summed E-state index contributed by atoms with van der Waals surface area (Å²) in [5.74, 6) is -0.352. The van der Waals surface area contributed by atoms with Gasteiger partial charge in [-0.3, -0.25) is 4.79 Å². The van der Waals surface area contributed by atoms with E-state index in [1.807, 2.05) is 20.9 Å². The van der Waals surface area contributed by atoms with Crippen molar-refractivity contribution in [1.82, 2.24) is 10.6 Å². The van der Waals surface area contributed by atoms with Crippen LogP contribution in [0, 0.1) is 5.92 Å². The van der Waals surface area contributed by atoms with Crippen molar-refractivity contribution >= 4 is 24.3 Å². The summed E-state index contributed by atoms with van der Waals surface area (Å²) in [6.07, 6.45) is 2.01. The van der Waals surface area contributed by atoms with Gasteiger partial charge in [-0.1, -0.05) is 20.3 Å². The Morgan fingerprint density at radius 2 is 1.89 bits per heavy atom. The molecule has 0 aromatic carbocycles. The van der Waals surface area contributed by atoms with Crippen molar-refractivity contribution in [1.29, 1.82) is 0 Å². The summed E-state index contributed by atoms with van der Waals surface area (Å²) in [7, 11) is 1.85. The summed E-state index contributed by atoms with van der Waals surface area (Å²) < 4.78 is 4.99. The van der Waals surface area contributed by atoms with Crippen molar-refractivity contribution in [2.24, 2.45) is 5.92 Å². The fourth-order valence-electron chi connectivity index (χ4n) is 1.57. The number of rotatable bonds is 9. The predicted molar refractivity (Wildman–Crippen MR) is 78.4 cm³/mol. The van der Waals surface area contributed by atoms with Gasteiger partial charge in [-0.05, 0) is 32.9 Å². The molecule has 0 fully saturated rings. The Kier molecular flexibility index (Phi) is 13.2. The highest BCUT2D eigenvalue weighted by molar-refractivity contribution is 5.85. The van der Waals surface area contributed by atoms with Crippen molar-refractivity contribution in [2.45, 2.75) is 46.1 Å². The maximum atomic E-state index is 11.8. The van der Waals surface area contributed by atoms with Gasteiger partial charge in [0.05, 0.1) is 6.61 Å². The number of carbonyl (C=O) groups is 2. The Morgan fingerprint density at radius 3 is 2.37 bits per heavy atom. The van der Waals surface area contributed by atoms with Gasteiger partial charge in [-0.15, -0.1) is 12.4 Å². The minimum absolute atomic E-state index is 0. The average molecular weight is 295 g/mol. The minimum Gasteiger partial charge on any atom is -0.464 e. The van der Waals surface area contributed by atoms with Gasteiger partial charge < -0.3 is 15.4 Å². The Balaban J connectivity index is 0. The molecule has 1 amide bonds. The Hall–Kier alpha value is -0.810. The smallest absolute Gasteiger partial charge is 0.328 e. The Morgan fingerprint density at radius 1 is 1.26 bits per heavy atom. The quantitative estimate of drug-likeness (QED) is 0.499. The topological polar surface area (TPSA) is 67.4 Å². The molecular weight excluding hydrogens is 268 g/mol. The van der Waals surface area contributed by atoms with E-state index in [9.17, 15) is 9.59 Å². The fraction of sp³-hybridized carbons (Fsp3) is 0.846. The number of halogens is 1. The first-order chi connectivity index (χ1) is 8.56. The van der Waals surface area contributed by atoms with Crippen LogP contribution in [0.1, 0.15) is 40.0 Å². The molecule has 114 valence electrons. The molecule has 5 nitrogen and oxygen atoms in total. The lowest BCUT2D eigenvalue weighted by atomic mass is 9.99. The van der Waals surface area contributed by atoms with Crippen LogP contribution in [0.4, 0.5) is 0 Å². The van der Waals surface area contributed by atoms with E-state index in [1.54, 1.807) is 6.92 Å². The standard InChI is InChI=1S/C13H26N2O3.ClH/c1-5-10(3)12(13(17)18-6-2)15-11(16)8-7-9-14-4;/h10,12,14H,5-9H2,1-4H3,(H,15,16);1H. The molecule has 0 saturated carbocycles. The summed E-state index contributed by atoms with van der Waals surface area (Å²) in [6, 6.07) is -0.531. The van der Waals surface area contributed by atoms with E-state index in [0.717, 1.165) is 19.4 Å². The summed E-state index contributed by atoms with van der Waals surface area (Å²) in [6.45, 7) is 6.82. The van der Waals surface area contributed by atoms with Gasteiger partial charge >= 0.3 is 5.97 Å². The Bertz CT molecular complexity index is 262. The molecule has 6 heteroatoms. The van der Waals surface area contributed by atoms with Crippen LogP contribution in [-0.2, 0) is 14.3 Å². The highest BCUT2D eigenvalue weighted by Crippen LogP contribution is 2.10. The second-order valence-corrected chi connectivity index (χ2v) is 4.39. The lowest BCUT2D eigenvalue weighted by molar-refractivity contribution is -0.149. The van der Waals surface area contributed by atoms with E-state index in [4.69, 9.17) is 4.74 Å². The normalized spacial score (nSPS) is 13.1. The van der Waals surface area contributed by atoms with Gasteiger partial charge in [-0.2, -0.15) is 0 Å². The monoisotopic (exact) mass is 294 g/mol. The van der Waals surface area contributed by atoms with Crippen LogP contribution in [0.3, 0.4) is 0 Å². The number of hydrogen-bond donors (Lipinski definition) is 2. The van der Waals surface area contributed by atoms with E-state index in [-0.39, 0.29) is 30.2 Å². The average Bonchev–Trinajstić information content (AvgIpc) is 2.35. The van der Waals surface area contributed by atoms with E-state index in [0.29, 0.717) is 13.0 Å². The van der Waals surface area contributed by atoms with Gasteiger partial charge in [0.25, 0.3) is 0 Å². The summed E-state index contributed by atoms with van der Waals surface area (Å²) in [4.78, 5) is 23.5. The number of amides is 1. The maximum absolute atomic E-state index is 11.8. The predicted octanol–water partition coefficient (Wildman–Crippen LogP) is 1.50. The fourth-order valence-corrected chi connectivity index (χ4v) is 1.57. The molecule has 0 aliphatic heterocycles. The van der Waals surface area contributed by atoms with Gasteiger partial charge in [0.15, 0.2) is 0 Å². The zero-order chi connectivity index (χ0) is 14.0. The number of nitrogens with one attached hydrogen (secondary N) is 2. The van der Waals surface area contributed by atoms with Crippen LogP contribution in [0.5, 0.6) is 0 Å². The second kappa shape index (κ2) is 12.2. The second-order valence-electron chi connectivity index (χ2n) is 4.39. The van der Waals surface area contributed by atoms with Crippen molar-refractivity contribution in [3.05, 3.63) is 0 Å². The summed E-state index contributed by atoms with van der Waals surface area (Å²) in [5, 5.41) is 5.75. The lowest BCUT2D eigenvalue weighted by Crippen LogP contribution is -2.46. The highest BCUT2D eigenvalue weighted by atomic mass is 35.5. The largest absolute Gasteiger partial charge is 0.464 e. The third-order valence-corrected chi connectivity index (χ3v) is 2.90. The molecule has 0 radical (unpaired) electrons. The number of ether oxygens (including phenoxy) is 1. The molecule has 2 unspecified atom stereocenters. The van der Waals surface area contributed by atoms with E-state index >= 15 is 0 Å². The molecule has 0 aliphatic rings. The van der Waals surface area contributed by atoms with Crippen LogP contribution in [0.15, 0.2) is 0 Å². The van der Waals surface area contributed by atoms with Crippen molar-refractivity contribution in [3.63, 3.8) is 0 Å². The first-order valence-electron chi connectivity index (χ1n) is 6.67. The molecule has 0 spiro atoms. The van der Waals surface area contributed by atoms with Crippen molar-refractivity contribution in [2.75, 3.05) is 20.2 Å². The third-order valence-electron chi connectivity index (χ3n) is 2.90. The zero-order valence-electron chi connectivity index (χ0n) is 12.3. The van der Waals surface area contributed by atoms with Crippen LogP contribution in [0.2, 0.25) is 0 Å². The molecule has 0 aliphatic carbocycles. The first-order valence-corrected chi connectivity index (χ1v) is 6.67.